The molecule has 4 rings (SSSR count). The van der Waals surface area contributed by atoms with E-state index in [2.05, 4.69) is 25.2 Å². The molecule has 8 heteroatoms. The lowest BCUT2D eigenvalue weighted by atomic mass is 9.79. The summed E-state index contributed by atoms with van der Waals surface area (Å²) in [5, 5.41) is 24.8. The zero-order valence-corrected chi connectivity index (χ0v) is 14.5. The lowest BCUT2D eigenvalue weighted by Crippen LogP contribution is -2.44. The van der Waals surface area contributed by atoms with Crippen molar-refractivity contribution >= 4 is 5.91 Å². The van der Waals surface area contributed by atoms with Crippen molar-refractivity contribution in [2.24, 2.45) is 0 Å². The van der Waals surface area contributed by atoms with Gasteiger partial charge in [-0.1, -0.05) is 5.16 Å². The molecule has 134 valence electrons. The Hall–Kier alpha value is -2.22. The second kappa shape index (κ2) is 6.25. The summed E-state index contributed by atoms with van der Waals surface area (Å²) >= 11 is 0. The summed E-state index contributed by atoms with van der Waals surface area (Å²) < 4.78 is 7.21. The summed E-state index contributed by atoms with van der Waals surface area (Å²) in [6, 6.07) is 0.611. The van der Waals surface area contributed by atoms with E-state index in [1.54, 1.807) is 0 Å². The van der Waals surface area contributed by atoms with Crippen LogP contribution in [0.25, 0.3) is 0 Å². The average molecular weight is 345 g/mol. The molecule has 0 radical (unpaired) electrons. The minimum Gasteiger partial charge on any atom is -0.388 e. The van der Waals surface area contributed by atoms with Crippen molar-refractivity contribution in [3.63, 3.8) is 0 Å². The summed E-state index contributed by atoms with van der Waals surface area (Å²) in [7, 11) is 0. The van der Waals surface area contributed by atoms with Crippen molar-refractivity contribution in [2.75, 3.05) is 0 Å². The number of rotatable bonds is 6. The normalized spacial score (nSPS) is 22.7. The number of nitrogens with zero attached hydrogens (tertiary/aromatic N) is 4. The molecule has 1 amide bonds. The zero-order valence-electron chi connectivity index (χ0n) is 14.5. The molecule has 0 bridgehead atoms. The third kappa shape index (κ3) is 3.06. The monoisotopic (exact) mass is 345 g/mol. The molecule has 2 aromatic rings. The smallest absolute Gasteiger partial charge is 0.224 e. The number of aryl methyl sites for hydroxylation is 2. The van der Waals surface area contributed by atoms with Crippen LogP contribution >= 0.6 is 0 Å². The van der Waals surface area contributed by atoms with Gasteiger partial charge in [0, 0.05) is 23.6 Å². The van der Waals surface area contributed by atoms with E-state index < -0.39 is 0 Å². The van der Waals surface area contributed by atoms with Gasteiger partial charge in [0.2, 0.25) is 5.91 Å². The summed E-state index contributed by atoms with van der Waals surface area (Å²) in [4.78, 5) is 12.3. The van der Waals surface area contributed by atoms with Gasteiger partial charge in [-0.2, -0.15) is 0 Å². The number of hydrogen-bond acceptors (Lipinski definition) is 6. The zero-order chi connectivity index (χ0) is 17.6. The van der Waals surface area contributed by atoms with Crippen LogP contribution in [0.15, 0.2) is 4.52 Å². The molecule has 8 nitrogen and oxygen atoms in total. The lowest BCUT2D eigenvalue weighted by molar-refractivity contribution is -0.121. The quantitative estimate of drug-likeness (QED) is 0.818. The van der Waals surface area contributed by atoms with Gasteiger partial charge in [-0.25, -0.2) is 0 Å². The van der Waals surface area contributed by atoms with Crippen LogP contribution in [0.1, 0.15) is 66.3 Å². The standard InChI is InChI=1S/C17H23N5O3/c1-9-14(10(2)25-21-9)7-16(24)18-12-5-11(6-12)17-20-19-15(8-23)22(17)13-3-4-13/h11-13,23H,3-8H2,1-2H3,(H,18,24). The third-order valence-corrected chi connectivity index (χ3v) is 5.23. The molecule has 2 aromatic heterocycles. The first kappa shape index (κ1) is 16.3. The molecule has 0 unspecified atom stereocenters. The van der Waals surface area contributed by atoms with E-state index in [1.165, 1.54) is 0 Å². The molecule has 0 spiro atoms. The van der Waals surface area contributed by atoms with Gasteiger partial charge in [0.15, 0.2) is 5.82 Å². The van der Waals surface area contributed by atoms with Crippen molar-refractivity contribution in [1.29, 1.82) is 0 Å². The van der Waals surface area contributed by atoms with E-state index in [1.807, 2.05) is 13.8 Å². The largest absolute Gasteiger partial charge is 0.388 e. The number of aromatic nitrogens is 4. The number of carbonyl (C=O) groups is 1. The second-order valence-electron chi connectivity index (χ2n) is 7.15. The first-order valence-corrected chi connectivity index (χ1v) is 8.82. The minimum absolute atomic E-state index is 0.00226. The van der Waals surface area contributed by atoms with Gasteiger partial charge in [0.25, 0.3) is 0 Å². The van der Waals surface area contributed by atoms with Crippen LogP contribution in [-0.4, -0.2) is 37.0 Å². The highest BCUT2D eigenvalue weighted by molar-refractivity contribution is 5.79. The Labute approximate surface area is 145 Å². The third-order valence-electron chi connectivity index (χ3n) is 5.23. The number of aliphatic hydroxyl groups is 1. The predicted molar refractivity (Wildman–Crippen MR) is 87.8 cm³/mol. The van der Waals surface area contributed by atoms with Gasteiger partial charge in [-0.3, -0.25) is 4.79 Å². The molecule has 2 saturated carbocycles. The number of aliphatic hydroxyl groups excluding tert-OH is 1. The molecular formula is C17H23N5O3. The molecule has 2 fully saturated rings. The van der Waals surface area contributed by atoms with E-state index in [-0.39, 0.29) is 18.6 Å². The van der Waals surface area contributed by atoms with E-state index in [4.69, 9.17) is 4.52 Å². The fourth-order valence-corrected chi connectivity index (χ4v) is 3.59. The Bertz CT molecular complexity index is 767. The molecule has 2 heterocycles. The minimum atomic E-state index is -0.0756. The predicted octanol–water partition coefficient (Wildman–Crippen LogP) is 1.32. The van der Waals surface area contributed by atoms with Crippen molar-refractivity contribution in [1.82, 2.24) is 25.2 Å². The van der Waals surface area contributed by atoms with Crippen molar-refractivity contribution in [3.05, 3.63) is 28.7 Å². The maximum atomic E-state index is 12.3. The Balaban J connectivity index is 1.34. The number of hydrogen-bond donors (Lipinski definition) is 2. The van der Waals surface area contributed by atoms with Crippen LogP contribution in [-0.2, 0) is 17.8 Å². The fourth-order valence-electron chi connectivity index (χ4n) is 3.59. The second-order valence-corrected chi connectivity index (χ2v) is 7.15. The van der Waals surface area contributed by atoms with Crippen molar-refractivity contribution in [3.8, 4) is 0 Å². The van der Waals surface area contributed by atoms with E-state index >= 15 is 0 Å². The Kier molecular flexibility index (Phi) is 4.07. The molecule has 0 aliphatic heterocycles. The molecular weight excluding hydrogens is 322 g/mol. The Morgan fingerprint density at radius 2 is 2.08 bits per heavy atom. The summed E-state index contributed by atoms with van der Waals surface area (Å²) in [6.07, 6.45) is 4.28. The van der Waals surface area contributed by atoms with Gasteiger partial charge in [0.05, 0.1) is 12.1 Å². The maximum Gasteiger partial charge on any atom is 0.224 e. The Morgan fingerprint density at radius 3 is 2.68 bits per heavy atom. The summed E-state index contributed by atoms with van der Waals surface area (Å²) in [5.74, 6) is 2.62. The number of amides is 1. The van der Waals surface area contributed by atoms with E-state index in [0.29, 0.717) is 30.0 Å². The van der Waals surface area contributed by atoms with Crippen molar-refractivity contribution in [2.45, 2.75) is 70.6 Å². The highest BCUT2D eigenvalue weighted by Crippen LogP contribution is 2.42. The topological polar surface area (TPSA) is 106 Å². The van der Waals surface area contributed by atoms with Crippen molar-refractivity contribution < 1.29 is 14.4 Å². The van der Waals surface area contributed by atoms with Gasteiger partial charge < -0.3 is 19.5 Å². The molecule has 0 atom stereocenters. The van der Waals surface area contributed by atoms with Crippen LogP contribution in [0.3, 0.4) is 0 Å². The van der Waals surface area contributed by atoms with Crippen LogP contribution in [0.4, 0.5) is 0 Å². The average Bonchev–Trinajstić information content (AvgIpc) is 3.24. The molecule has 2 N–H and O–H groups in total. The van der Waals surface area contributed by atoms with Crippen LogP contribution in [0.2, 0.25) is 0 Å². The van der Waals surface area contributed by atoms with Gasteiger partial charge >= 0.3 is 0 Å². The molecule has 2 aliphatic carbocycles. The molecule has 2 aliphatic rings. The SMILES string of the molecule is Cc1noc(C)c1CC(=O)NC1CC(c2nnc(CO)n2C2CC2)C1. The lowest BCUT2D eigenvalue weighted by Gasteiger charge is -2.35. The van der Waals surface area contributed by atoms with Crippen LogP contribution in [0, 0.1) is 13.8 Å². The van der Waals surface area contributed by atoms with Crippen LogP contribution in [0.5, 0.6) is 0 Å². The number of carbonyl (C=O) groups excluding carboxylic acids is 1. The fraction of sp³-hybridized carbons (Fsp3) is 0.647. The van der Waals surface area contributed by atoms with Gasteiger partial charge in [-0.05, 0) is 39.5 Å². The number of nitrogens with one attached hydrogen (secondary N) is 1. The van der Waals surface area contributed by atoms with Gasteiger partial charge in [-0.15, -0.1) is 10.2 Å². The molecule has 0 aromatic carbocycles. The molecule has 0 saturated heterocycles. The highest BCUT2D eigenvalue weighted by atomic mass is 16.5. The van der Waals surface area contributed by atoms with Gasteiger partial charge in [0.1, 0.15) is 18.2 Å². The first-order chi connectivity index (χ1) is 12.1. The van der Waals surface area contributed by atoms with E-state index in [9.17, 15) is 9.90 Å². The summed E-state index contributed by atoms with van der Waals surface area (Å²) in [5.41, 5.74) is 1.64. The Morgan fingerprint density at radius 1 is 1.32 bits per heavy atom. The highest BCUT2D eigenvalue weighted by Gasteiger charge is 2.38. The van der Waals surface area contributed by atoms with Crippen LogP contribution < -0.4 is 5.32 Å². The first-order valence-electron chi connectivity index (χ1n) is 8.82. The molecule has 25 heavy (non-hydrogen) atoms. The summed E-state index contributed by atoms with van der Waals surface area (Å²) in [6.45, 7) is 3.60. The maximum absolute atomic E-state index is 12.3. The van der Waals surface area contributed by atoms with E-state index in [0.717, 1.165) is 42.8 Å².